The predicted molar refractivity (Wildman–Crippen MR) is 150 cm³/mol. The molecule has 0 saturated carbocycles. The van der Waals surface area contributed by atoms with Crippen molar-refractivity contribution in [2.75, 3.05) is 12.5 Å². The second kappa shape index (κ2) is 10.2. The second-order valence-corrected chi connectivity index (χ2v) is 9.39. The van der Waals surface area contributed by atoms with Crippen molar-refractivity contribution < 1.29 is 4.74 Å². The molecule has 0 aliphatic heterocycles. The summed E-state index contributed by atoms with van der Waals surface area (Å²) in [5, 5.41) is 13.5. The Kier molecular flexibility index (Phi) is 6.39. The summed E-state index contributed by atoms with van der Waals surface area (Å²) in [5.41, 5.74) is 10.8. The van der Waals surface area contributed by atoms with Crippen molar-refractivity contribution in [1.82, 2.24) is 34.3 Å². The maximum absolute atomic E-state index is 14.1. The summed E-state index contributed by atoms with van der Waals surface area (Å²) in [4.78, 5) is 18.5. The summed E-state index contributed by atoms with van der Waals surface area (Å²) >= 11 is 0. The van der Waals surface area contributed by atoms with Crippen LogP contribution in [0.2, 0.25) is 0 Å². The average Bonchev–Trinajstić information content (AvgIpc) is 3.53. The van der Waals surface area contributed by atoms with Gasteiger partial charge >= 0.3 is 0 Å². The molecule has 0 spiro atoms. The first-order chi connectivity index (χ1) is 19.0. The first-order valence-corrected chi connectivity index (χ1v) is 12.6. The molecule has 0 fully saturated rings. The number of pyridine rings is 1. The molecule has 1 atom stereocenters. The average molecular weight is 521 g/mol. The van der Waals surface area contributed by atoms with Crippen LogP contribution in [0.15, 0.2) is 90.2 Å². The Morgan fingerprint density at radius 3 is 2.74 bits per heavy atom. The molecule has 0 radical (unpaired) electrons. The van der Waals surface area contributed by atoms with E-state index in [1.54, 1.807) is 38.4 Å². The van der Waals surface area contributed by atoms with Gasteiger partial charge in [0.05, 0.1) is 30.5 Å². The van der Waals surface area contributed by atoms with E-state index in [4.69, 9.17) is 10.5 Å². The Bertz CT molecular complexity index is 1840. The zero-order valence-electron chi connectivity index (χ0n) is 21.7. The summed E-state index contributed by atoms with van der Waals surface area (Å²) in [6.45, 7) is 2.50. The Labute approximate surface area is 224 Å². The third-order valence-electron chi connectivity index (χ3n) is 6.81. The van der Waals surface area contributed by atoms with Gasteiger partial charge in [0.1, 0.15) is 0 Å². The highest BCUT2D eigenvalue weighted by Crippen LogP contribution is 2.29. The van der Waals surface area contributed by atoms with Crippen molar-refractivity contribution >= 4 is 22.2 Å². The van der Waals surface area contributed by atoms with Gasteiger partial charge < -0.3 is 10.5 Å². The minimum atomic E-state index is -0.205. The van der Waals surface area contributed by atoms with Crippen LogP contribution in [0, 0.1) is 0 Å². The fraction of sp³-hybridized carbons (Fsp3) is 0.172. The van der Waals surface area contributed by atoms with Crippen molar-refractivity contribution in [3.63, 3.8) is 0 Å². The molecule has 0 aliphatic rings. The van der Waals surface area contributed by atoms with Crippen molar-refractivity contribution in [3.8, 4) is 16.8 Å². The number of benzene rings is 2. The highest BCUT2D eigenvalue weighted by Gasteiger charge is 2.19. The van der Waals surface area contributed by atoms with E-state index in [0.717, 1.165) is 33.5 Å². The molecular weight excluding hydrogens is 492 g/mol. The molecule has 4 aromatic heterocycles. The molecule has 10 nitrogen and oxygen atoms in total. The lowest BCUT2D eigenvalue weighted by molar-refractivity contribution is 0.0971. The van der Waals surface area contributed by atoms with E-state index in [9.17, 15) is 4.79 Å². The molecule has 0 bridgehead atoms. The van der Waals surface area contributed by atoms with E-state index in [2.05, 4.69) is 26.6 Å². The van der Waals surface area contributed by atoms with Gasteiger partial charge in [0.15, 0.2) is 11.5 Å². The summed E-state index contributed by atoms with van der Waals surface area (Å²) in [6.07, 6.45) is 7.19. The quantitative estimate of drug-likeness (QED) is 0.231. The van der Waals surface area contributed by atoms with Crippen LogP contribution in [0.4, 0.5) is 5.82 Å². The number of aryl methyl sites for hydroxylation is 1. The molecule has 0 aliphatic carbocycles. The van der Waals surface area contributed by atoms with Gasteiger partial charge in [0.2, 0.25) is 0 Å². The Hall–Kier alpha value is -4.80. The molecular formula is C29H28N8O2. The smallest absolute Gasteiger partial charge is 0.263 e. The van der Waals surface area contributed by atoms with Crippen molar-refractivity contribution in [1.29, 1.82) is 0 Å². The number of para-hydroxylation sites is 1. The Balaban J connectivity index is 1.33. The van der Waals surface area contributed by atoms with Crippen LogP contribution < -0.4 is 16.6 Å². The summed E-state index contributed by atoms with van der Waals surface area (Å²) in [6, 6.07) is 19.2. The van der Waals surface area contributed by atoms with Crippen LogP contribution in [-0.4, -0.2) is 35.7 Å². The zero-order valence-corrected chi connectivity index (χ0v) is 21.7. The third-order valence-corrected chi connectivity index (χ3v) is 6.81. The highest BCUT2D eigenvalue weighted by molar-refractivity contribution is 5.96. The summed E-state index contributed by atoms with van der Waals surface area (Å²) < 4.78 is 11.1. The molecule has 0 unspecified atom stereocenters. The van der Waals surface area contributed by atoms with Crippen LogP contribution in [0.25, 0.3) is 33.2 Å². The summed E-state index contributed by atoms with van der Waals surface area (Å²) in [7, 11) is 1.87. The van der Waals surface area contributed by atoms with Crippen LogP contribution >= 0.6 is 0 Å². The standard InChI is InChI=1S/C29H28N8O2/c1-19(32-18-39-17-24-27(30)34-36-13-7-12-31-28(24)36)25-14-20-8-6-11-23(21-15-33-35(2)16-21)26(20)29(38)37(25)22-9-4-3-5-10-22/h3-16,19,32H,17-18H2,1-2H3,(H2,30,34)/t19-/m0/s1. The second-order valence-electron chi connectivity index (χ2n) is 9.39. The van der Waals surface area contributed by atoms with Crippen molar-refractivity contribution in [2.45, 2.75) is 19.6 Å². The number of hydrogen-bond donors (Lipinski definition) is 2. The Morgan fingerprint density at radius 2 is 1.95 bits per heavy atom. The molecule has 39 heavy (non-hydrogen) atoms. The van der Waals surface area contributed by atoms with E-state index in [1.807, 2.05) is 68.7 Å². The lowest BCUT2D eigenvalue weighted by Gasteiger charge is -2.21. The number of ether oxygens (including phenoxy) is 1. The largest absolute Gasteiger partial charge is 0.382 e. The van der Waals surface area contributed by atoms with Gasteiger partial charge in [-0.3, -0.25) is 19.4 Å². The monoisotopic (exact) mass is 520 g/mol. The molecule has 6 rings (SSSR count). The van der Waals surface area contributed by atoms with Crippen LogP contribution in [0.1, 0.15) is 24.2 Å². The van der Waals surface area contributed by atoms with Crippen molar-refractivity contribution in [3.05, 3.63) is 107 Å². The van der Waals surface area contributed by atoms with Crippen LogP contribution in [0.3, 0.4) is 0 Å². The van der Waals surface area contributed by atoms with Gasteiger partial charge in [-0.05, 0) is 42.1 Å². The lowest BCUT2D eigenvalue weighted by Crippen LogP contribution is -2.30. The molecule has 0 amide bonds. The maximum atomic E-state index is 14.1. The van der Waals surface area contributed by atoms with Crippen LogP contribution in [-0.2, 0) is 18.4 Å². The number of aromatic nitrogens is 6. The normalized spacial score (nSPS) is 12.4. The number of nitrogen functional groups attached to an aromatic ring is 1. The minimum Gasteiger partial charge on any atom is -0.382 e. The van der Waals surface area contributed by atoms with Gasteiger partial charge in [-0.15, -0.1) is 5.10 Å². The van der Waals surface area contributed by atoms with Gasteiger partial charge in [-0.1, -0.05) is 36.4 Å². The molecule has 2 aromatic carbocycles. The molecule has 196 valence electrons. The van der Waals surface area contributed by atoms with E-state index in [-0.39, 0.29) is 24.9 Å². The SMILES string of the molecule is C[C@H](NCOCc1c(N)nn2cccnc12)c1cc2cccc(-c3cnn(C)c3)c2c(=O)n1-c1ccccc1. The van der Waals surface area contributed by atoms with Gasteiger partial charge in [-0.25, -0.2) is 9.50 Å². The molecule has 6 aromatic rings. The van der Waals surface area contributed by atoms with Crippen LogP contribution in [0.5, 0.6) is 0 Å². The fourth-order valence-electron chi connectivity index (χ4n) is 4.88. The Morgan fingerprint density at radius 1 is 1.10 bits per heavy atom. The number of nitrogens with zero attached hydrogens (tertiary/aromatic N) is 6. The first-order valence-electron chi connectivity index (χ1n) is 12.6. The van der Waals surface area contributed by atoms with E-state index < -0.39 is 0 Å². The van der Waals surface area contributed by atoms with E-state index in [1.165, 1.54) is 0 Å². The minimum absolute atomic E-state index is 0.0899. The topological polar surface area (TPSA) is 117 Å². The number of hydrogen-bond acceptors (Lipinski definition) is 7. The number of fused-ring (bicyclic) bond motifs is 2. The van der Waals surface area contributed by atoms with Gasteiger partial charge in [0, 0.05) is 48.6 Å². The highest BCUT2D eigenvalue weighted by atomic mass is 16.5. The number of rotatable bonds is 8. The third kappa shape index (κ3) is 4.56. The van der Waals surface area contributed by atoms with E-state index in [0.29, 0.717) is 16.9 Å². The van der Waals surface area contributed by atoms with Crippen molar-refractivity contribution in [2.24, 2.45) is 7.05 Å². The molecule has 4 heterocycles. The molecule has 3 N–H and O–H groups in total. The molecule has 0 saturated heterocycles. The predicted octanol–water partition coefficient (Wildman–Crippen LogP) is 3.84. The fourth-order valence-corrected chi connectivity index (χ4v) is 4.88. The first kappa shape index (κ1) is 24.5. The number of anilines is 1. The van der Waals surface area contributed by atoms with E-state index >= 15 is 0 Å². The number of nitrogens with two attached hydrogens (primary N) is 1. The maximum Gasteiger partial charge on any atom is 0.263 e. The van der Waals surface area contributed by atoms with Gasteiger partial charge in [0.25, 0.3) is 5.56 Å². The summed E-state index contributed by atoms with van der Waals surface area (Å²) in [5.74, 6) is 0.388. The van der Waals surface area contributed by atoms with Gasteiger partial charge in [-0.2, -0.15) is 5.10 Å². The number of nitrogens with one attached hydrogen (secondary N) is 1. The lowest BCUT2D eigenvalue weighted by atomic mass is 10.00. The zero-order chi connectivity index (χ0) is 26.9. The molecule has 10 heteroatoms.